The van der Waals surface area contributed by atoms with Gasteiger partial charge in [-0.25, -0.2) is 4.98 Å². The van der Waals surface area contributed by atoms with Crippen LogP contribution in [0.25, 0.3) is 11.4 Å². The summed E-state index contributed by atoms with van der Waals surface area (Å²) in [5.41, 5.74) is 1.48. The van der Waals surface area contributed by atoms with E-state index in [-0.39, 0.29) is 17.6 Å². The van der Waals surface area contributed by atoms with E-state index in [1.165, 1.54) is 28.0 Å². The number of furan rings is 1. The van der Waals surface area contributed by atoms with Crippen molar-refractivity contribution in [2.75, 3.05) is 25.2 Å². The molecular weight excluding hydrogens is 412 g/mol. The zero-order valence-corrected chi connectivity index (χ0v) is 18.5. The average Bonchev–Trinajstić information content (AvgIpc) is 3.37. The smallest absolute Gasteiger partial charge is 0.265 e. The molecule has 154 valence electrons. The topological polar surface area (TPSA) is 106 Å². The van der Waals surface area contributed by atoms with Crippen molar-refractivity contribution in [1.82, 2.24) is 24.6 Å². The molecule has 0 aromatic carbocycles. The maximum Gasteiger partial charge on any atom is 0.265 e. The van der Waals surface area contributed by atoms with Crippen molar-refractivity contribution in [3.05, 3.63) is 28.7 Å². The van der Waals surface area contributed by atoms with Crippen molar-refractivity contribution >= 4 is 40.0 Å². The van der Waals surface area contributed by atoms with E-state index in [1.807, 2.05) is 24.5 Å². The summed E-state index contributed by atoms with van der Waals surface area (Å²) in [5, 5.41) is 12.3. The Morgan fingerprint density at radius 2 is 2.07 bits per heavy atom. The molecule has 0 radical (unpaired) electrons. The number of nitrogens with one attached hydrogen (secondary N) is 1. The molecule has 0 atom stereocenters. The molecule has 2 amide bonds. The lowest BCUT2D eigenvalue weighted by atomic mass is 10.2. The third-order valence-corrected chi connectivity index (χ3v) is 6.14. The maximum atomic E-state index is 12.4. The molecule has 9 nitrogen and oxygen atoms in total. The molecule has 0 bridgehead atoms. The first kappa shape index (κ1) is 21.1. The number of aryl methyl sites for hydroxylation is 2. The van der Waals surface area contributed by atoms with E-state index >= 15 is 0 Å². The highest BCUT2D eigenvalue weighted by molar-refractivity contribution is 7.99. The van der Waals surface area contributed by atoms with Crippen molar-refractivity contribution in [3.63, 3.8) is 0 Å². The van der Waals surface area contributed by atoms with Crippen molar-refractivity contribution in [2.45, 2.75) is 32.5 Å². The molecule has 0 fully saturated rings. The van der Waals surface area contributed by atoms with Crippen molar-refractivity contribution < 1.29 is 14.0 Å². The Kier molecular flexibility index (Phi) is 6.38. The Labute approximate surface area is 176 Å². The molecule has 0 aliphatic heterocycles. The standard InChI is InChI=1S/C18H22N6O3S2/c1-6-24-15(12-7-8-27-11(12)3)21-22-18(24)28-9-13(25)20-17-19-10(2)14(29-17)16(26)23(4)5/h7-8H,6,9H2,1-5H3,(H,19,20,25). The second kappa shape index (κ2) is 8.78. The normalized spacial score (nSPS) is 10.9. The number of nitrogens with zero attached hydrogens (tertiary/aromatic N) is 5. The van der Waals surface area contributed by atoms with Gasteiger partial charge in [-0.15, -0.1) is 10.2 Å². The van der Waals surface area contributed by atoms with Gasteiger partial charge in [0.1, 0.15) is 10.6 Å². The van der Waals surface area contributed by atoms with Crippen LogP contribution >= 0.6 is 23.1 Å². The fraction of sp³-hybridized carbons (Fsp3) is 0.389. The average molecular weight is 435 g/mol. The van der Waals surface area contributed by atoms with Gasteiger partial charge in [-0.2, -0.15) is 0 Å². The SMILES string of the molecule is CCn1c(SCC(=O)Nc2nc(C)c(C(=O)N(C)C)s2)nnc1-c1ccoc1C. The molecule has 0 aliphatic rings. The number of carbonyl (C=O) groups excluding carboxylic acids is 2. The molecule has 0 unspecified atom stereocenters. The predicted octanol–water partition coefficient (Wildman–Crippen LogP) is 3.06. The quantitative estimate of drug-likeness (QED) is 0.570. The van der Waals surface area contributed by atoms with Gasteiger partial charge in [-0.1, -0.05) is 23.1 Å². The lowest BCUT2D eigenvalue weighted by molar-refractivity contribution is -0.113. The number of aromatic nitrogens is 4. The van der Waals surface area contributed by atoms with Crippen molar-refractivity contribution in [1.29, 1.82) is 0 Å². The molecule has 3 rings (SSSR count). The van der Waals surface area contributed by atoms with Crippen LogP contribution < -0.4 is 5.32 Å². The van der Waals surface area contributed by atoms with E-state index < -0.39 is 0 Å². The summed E-state index contributed by atoms with van der Waals surface area (Å²) >= 11 is 2.46. The summed E-state index contributed by atoms with van der Waals surface area (Å²) in [7, 11) is 3.36. The summed E-state index contributed by atoms with van der Waals surface area (Å²) in [5.74, 6) is 1.28. The Morgan fingerprint density at radius 1 is 1.31 bits per heavy atom. The Hall–Kier alpha value is -2.66. The van der Waals surface area contributed by atoms with Crippen LogP contribution in [-0.2, 0) is 11.3 Å². The van der Waals surface area contributed by atoms with E-state index in [2.05, 4.69) is 20.5 Å². The van der Waals surface area contributed by atoms with Crippen LogP contribution in [-0.4, -0.2) is 56.3 Å². The van der Waals surface area contributed by atoms with Gasteiger partial charge >= 0.3 is 0 Å². The number of amides is 2. The minimum absolute atomic E-state index is 0.131. The minimum atomic E-state index is -0.223. The first-order valence-corrected chi connectivity index (χ1v) is 10.7. The van der Waals surface area contributed by atoms with Crippen LogP contribution in [0.15, 0.2) is 21.9 Å². The molecule has 0 aliphatic carbocycles. The fourth-order valence-corrected chi connectivity index (χ4v) is 4.44. The lowest BCUT2D eigenvalue weighted by Gasteiger charge is -2.07. The van der Waals surface area contributed by atoms with Gasteiger partial charge in [0.25, 0.3) is 5.91 Å². The van der Waals surface area contributed by atoms with Crippen LogP contribution in [0.1, 0.15) is 28.0 Å². The van der Waals surface area contributed by atoms with Crippen LogP contribution in [0.4, 0.5) is 5.13 Å². The first-order chi connectivity index (χ1) is 13.8. The summed E-state index contributed by atoms with van der Waals surface area (Å²) in [4.78, 5) is 30.8. The van der Waals surface area contributed by atoms with E-state index in [4.69, 9.17) is 4.42 Å². The summed E-state index contributed by atoms with van der Waals surface area (Å²) in [6.45, 7) is 6.28. The van der Waals surface area contributed by atoms with E-state index in [9.17, 15) is 9.59 Å². The molecule has 11 heteroatoms. The predicted molar refractivity (Wildman–Crippen MR) is 112 cm³/mol. The van der Waals surface area contributed by atoms with Crippen molar-refractivity contribution in [3.8, 4) is 11.4 Å². The van der Waals surface area contributed by atoms with Gasteiger partial charge < -0.3 is 19.2 Å². The number of anilines is 1. The lowest BCUT2D eigenvalue weighted by Crippen LogP contribution is -2.21. The van der Waals surface area contributed by atoms with Gasteiger partial charge in [0.05, 0.1) is 23.3 Å². The number of hydrogen-bond donors (Lipinski definition) is 1. The molecule has 29 heavy (non-hydrogen) atoms. The fourth-order valence-electron chi connectivity index (χ4n) is 2.63. The summed E-state index contributed by atoms with van der Waals surface area (Å²) < 4.78 is 7.29. The van der Waals surface area contributed by atoms with Gasteiger partial charge in [-0.05, 0) is 26.8 Å². The molecule has 3 aromatic heterocycles. The summed E-state index contributed by atoms with van der Waals surface area (Å²) in [6.07, 6.45) is 1.62. The number of hydrogen-bond acceptors (Lipinski definition) is 8. The number of thioether (sulfide) groups is 1. The van der Waals surface area contributed by atoms with Gasteiger partial charge in [0.2, 0.25) is 5.91 Å². The Bertz CT molecular complexity index is 1040. The third kappa shape index (κ3) is 4.51. The number of rotatable bonds is 7. The molecule has 3 aromatic rings. The highest BCUT2D eigenvalue weighted by Crippen LogP contribution is 2.27. The second-order valence-corrected chi connectivity index (χ2v) is 8.35. The van der Waals surface area contributed by atoms with Crippen LogP contribution in [0.3, 0.4) is 0 Å². The minimum Gasteiger partial charge on any atom is -0.469 e. The van der Waals surface area contributed by atoms with E-state index in [1.54, 1.807) is 27.3 Å². The highest BCUT2D eigenvalue weighted by atomic mass is 32.2. The van der Waals surface area contributed by atoms with Crippen LogP contribution in [0.5, 0.6) is 0 Å². The first-order valence-electron chi connectivity index (χ1n) is 8.91. The molecule has 3 heterocycles. The monoisotopic (exact) mass is 434 g/mol. The molecule has 1 N–H and O–H groups in total. The number of carbonyl (C=O) groups is 2. The van der Waals surface area contributed by atoms with Crippen LogP contribution in [0, 0.1) is 13.8 Å². The second-order valence-electron chi connectivity index (χ2n) is 6.41. The van der Waals surface area contributed by atoms with Gasteiger partial charge in [-0.3, -0.25) is 9.59 Å². The molecule has 0 saturated carbocycles. The van der Waals surface area contributed by atoms with Gasteiger partial charge in [0, 0.05) is 20.6 Å². The van der Waals surface area contributed by atoms with Crippen molar-refractivity contribution in [2.24, 2.45) is 0 Å². The zero-order valence-electron chi connectivity index (χ0n) is 16.8. The Balaban J connectivity index is 1.66. The maximum absolute atomic E-state index is 12.4. The van der Waals surface area contributed by atoms with Crippen LogP contribution in [0.2, 0.25) is 0 Å². The molecule has 0 spiro atoms. The molecular formula is C18H22N6O3S2. The molecule has 0 saturated heterocycles. The van der Waals surface area contributed by atoms with E-state index in [0.717, 1.165) is 11.3 Å². The Morgan fingerprint density at radius 3 is 2.69 bits per heavy atom. The third-order valence-electron chi connectivity index (χ3n) is 4.11. The summed E-state index contributed by atoms with van der Waals surface area (Å²) in [6, 6.07) is 1.85. The highest BCUT2D eigenvalue weighted by Gasteiger charge is 2.20. The number of thiazole rings is 1. The largest absolute Gasteiger partial charge is 0.469 e. The van der Waals surface area contributed by atoms with E-state index in [0.29, 0.717) is 33.2 Å². The zero-order chi connectivity index (χ0) is 21.1. The van der Waals surface area contributed by atoms with Gasteiger partial charge in [0.15, 0.2) is 16.1 Å².